The molecule has 0 radical (unpaired) electrons. The largest absolute Gasteiger partial charge is 0.497 e. The standard InChI is InChI=1S/C26H24ClN7O4S.C22H17ClN4O5S.C4H11N3O/c1-34(2)15-23-31-32-26(38-23)16-7-6-8-18(13-16)39(35,36)33-25-24(28-20-9-4-5-10-21(20)29-25)30-22-14-17(37-3)11-12-19(22)27;1-32-14-9-10-16(23)19(12-14)26-20-21(25-18-8-3-2-7-17(18)24-20)27-33(30,31)15-6-4-5-13(11-15)22(28)29;1-7(2)3-4(8)6-5/h4-14H,15H2,1-3H3,(H,28,30)(H,29,33);2-12H,1H3,(H,24,26)(H,25,27)(H,28,29);3,5H2,1-2H3,(H,6,8). The molecule has 0 unspecified atom stereocenters. The molecule has 0 aliphatic carbocycles. The van der Waals surface area contributed by atoms with E-state index < -0.39 is 26.0 Å². The topological polar surface area (TPSA) is 324 Å². The lowest BCUT2D eigenvalue weighted by Gasteiger charge is -2.15. The van der Waals surface area contributed by atoms with Crippen LogP contribution in [0.4, 0.5) is 34.6 Å². The third-order valence-corrected chi connectivity index (χ3v) is 14.1. The maximum Gasteiger partial charge on any atom is 0.335 e. The number of carbonyl (C=O) groups is 2. The van der Waals surface area contributed by atoms with E-state index in [1.165, 1.54) is 44.6 Å². The van der Waals surface area contributed by atoms with E-state index in [9.17, 15) is 31.5 Å². The number of sulfonamides is 2. The summed E-state index contributed by atoms with van der Waals surface area (Å²) in [6.07, 6.45) is 0. The number of amides is 1. The highest BCUT2D eigenvalue weighted by Gasteiger charge is 2.23. The van der Waals surface area contributed by atoms with E-state index in [0.717, 1.165) is 6.07 Å². The molecule has 6 aromatic carbocycles. The Hall–Kier alpha value is -8.76. The van der Waals surface area contributed by atoms with Crippen molar-refractivity contribution in [2.75, 3.05) is 69.0 Å². The van der Waals surface area contributed by atoms with Crippen LogP contribution in [0.1, 0.15) is 16.2 Å². The number of hydrazine groups is 1. The van der Waals surface area contributed by atoms with Crippen molar-refractivity contribution in [1.82, 2.24) is 45.4 Å². The Morgan fingerprint density at radius 3 is 1.49 bits per heavy atom. The number of carboxylic acid groups (broad SMARTS) is 1. The number of nitrogens with one attached hydrogen (secondary N) is 5. The summed E-state index contributed by atoms with van der Waals surface area (Å²) in [7, 11) is 2.10. The van der Waals surface area contributed by atoms with Crippen molar-refractivity contribution in [3.05, 3.63) is 155 Å². The van der Waals surface area contributed by atoms with Crippen LogP contribution in [0, 0.1) is 0 Å². The third-order valence-electron chi connectivity index (χ3n) is 10.8. The van der Waals surface area contributed by atoms with Gasteiger partial charge in [0.05, 0.1) is 86.2 Å². The van der Waals surface area contributed by atoms with Gasteiger partial charge < -0.3 is 39.4 Å². The number of halogens is 2. The van der Waals surface area contributed by atoms with Gasteiger partial charge in [-0.25, -0.2) is 47.4 Å². The van der Waals surface area contributed by atoms with Crippen LogP contribution in [0.2, 0.25) is 10.0 Å². The quantitative estimate of drug-likeness (QED) is 0.0243. The van der Waals surface area contributed by atoms with Crippen molar-refractivity contribution in [3.63, 3.8) is 0 Å². The molecule has 0 saturated carbocycles. The van der Waals surface area contributed by atoms with E-state index in [0.29, 0.717) is 79.5 Å². The SMILES string of the molecule is CN(C)CC(=O)NN.COc1ccc(Cl)c(Nc2nc3ccccc3nc2NS(=O)(=O)c2cccc(-c3nnc(CN(C)C)o3)c2)c1.COc1ccc(Cl)c(Nc2nc3ccccc3nc2NS(=O)(=O)c2cccc(C(=O)O)c2)c1. The second-order valence-electron chi connectivity index (χ2n) is 17.4. The summed E-state index contributed by atoms with van der Waals surface area (Å²) >= 11 is 12.7. The van der Waals surface area contributed by atoms with Crippen LogP contribution in [0.25, 0.3) is 33.5 Å². The van der Waals surface area contributed by atoms with Crippen molar-refractivity contribution in [3.8, 4) is 23.0 Å². The molecule has 80 heavy (non-hydrogen) atoms. The summed E-state index contributed by atoms with van der Waals surface area (Å²) in [5.41, 5.74) is 5.25. The van der Waals surface area contributed by atoms with Crippen LogP contribution in [-0.2, 0) is 31.4 Å². The van der Waals surface area contributed by atoms with Crippen molar-refractivity contribution >= 4 is 112 Å². The van der Waals surface area contributed by atoms with E-state index in [2.05, 4.69) is 50.2 Å². The van der Waals surface area contributed by atoms with Crippen LogP contribution < -0.4 is 40.8 Å². The minimum Gasteiger partial charge on any atom is -0.497 e. The summed E-state index contributed by atoms with van der Waals surface area (Å²) < 4.78 is 74.3. The molecule has 28 heteroatoms. The van der Waals surface area contributed by atoms with Gasteiger partial charge in [-0.1, -0.05) is 59.6 Å². The smallest absolute Gasteiger partial charge is 0.335 e. The van der Waals surface area contributed by atoms with E-state index in [1.807, 2.05) is 30.5 Å². The average molecular weight is 1170 g/mol. The number of methoxy groups -OCH3 is 2. The van der Waals surface area contributed by atoms with Crippen molar-refractivity contribution in [1.29, 1.82) is 0 Å². The number of aromatic nitrogens is 6. The summed E-state index contributed by atoms with van der Waals surface area (Å²) in [6.45, 7) is 0.802. The second kappa shape index (κ2) is 26.3. The van der Waals surface area contributed by atoms with Gasteiger partial charge in [0.15, 0.2) is 23.3 Å². The number of benzene rings is 6. The molecular weight excluding hydrogens is 1120 g/mol. The molecule has 0 aliphatic rings. The number of ether oxygens (including phenoxy) is 2. The monoisotopic (exact) mass is 1170 g/mol. The lowest BCUT2D eigenvalue weighted by molar-refractivity contribution is -0.121. The molecule has 1 amide bonds. The molecule has 3 heterocycles. The molecule has 8 N–H and O–H groups in total. The van der Waals surface area contributed by atoms with Gasteiger partial charge in [0.2, 0.25) is 17.7 Å². The van der Waals surface area contributed by atoms with Crippen LogP contribution >= 0.6 is 23.2 Å². The van der Waals surface area contributed by atoms with Crippen molar-refractivity contribution in [2.45, 2.75) is 16.3 Å². The number of fused-ring (bicyclic) bond motifs is 2. The number of hydrogen-bond acceptors (Lipinski definition) is 20. The normalized spacial score (nSPS) is 11.2. The highest BCUT2D eigenvalue weighted by molar-refractivity contribution is 7.93. The Labute approximate surface area is 469 Å². The van der Waals surface area contributed by atoms with Crippen molar-refractivity contribution < 1.29 is 45.4 Å². The Kier molecular flexibility index (Phi) is 19.3. The van der Waals surface area contributed by atoms with Gasteiger partial charge in [-0.05, 0) is 113 Å². The first-order valence-electron chi connectivity index (χ1n) is 23.5. The Morgan fingerprint density at radius 1 is 0.600 bits per heavy atom. The van der Waals surface area contributed by atoms with Gasteiger partial charge in [-0.15, -0.1) is 10.2 Å². The minimum atomic E-state index is -4.19. The number of nitrogens with zero attached hydrogens (tertiary/aromatic N) is 8. The maximum atomic E-state index is 13.5. The first kappa shape index (κ1) is 58.9. The van der Waals surface area contributed by atoms with Crippen molar-refractivity contribution in [2.24, 2.45) is 5.84 Å². The van der Waals surface area contributed by atoms with Gasteiger partial charge in [0, 0.05) is 17.7 Å². The van der Waals surface area contributed by atoms with Gasteiger partial charge in [-0.2, -0.15) is 0 Å². The van der Waals surface area contributed by atoms with Gasteiger partial charge in [-0.3, -0.25) is 19.7 Å². The molecular formula is C52H52Cl2N14O10S2. The molecule has 0 saturated heterocycles. The first-order valence-corrected chi connectivity index (χ1v) is 27.2. The fraction of sp³-hybridized carbons (Fsp3) is 0.154. The zero-order chi connectivity index (χ0) is 57.7. The fourth-order valence-electron chi connectivity index (χ4n) is 7.03. The number of hydrogen-bond donors (Lipinski definition) is 7. The maximum absolute atomic E-state index is 13.5. The summed E-state index contributed by atoms with van der Waals surface area (Å²) in [6, 6.07) is 35.3. The predicted molar refractivity (Wildman–Crippen MR) is 305 cm³/mol. The number of likely N-dealkylation sites (N-methyl/N-ethyl adjacent to an activating group) is 1. The lowest BCUT2D eigenvalue weighted by Crippen LogP contribution is -2.37. The second-order valence-corrected chi connectivity index (χ2v) is 21.6. The molecule has 416 valence electrons. The zero-order valence-electron chi connectivity index (χ0n) is 43.5. The molecule has 24 nitrogen and oxygen atoms in total. The first-order chi connectivity index (χ1) is 38.1. The fourth-order valence-corrected chi connectivity index (χ4v) is 9.47. The molecule has 0 fully saturated rings. The number of nitrogens with two attached hydrogens (primary N) is 1. The molecule has 0 bridgehead atoms. The van der Waals surface area contributed by atoms with Crippen LogP contribution in [0.15, 0.2) is 148 Å². The summed E-state index contributed by atoms with van der Waals surface area (Å²) in [4.78, 5) is 43.0. The Balaban J connectivity index is 0.000000206. The number of anilines is 6. The average Bonchev–Trinajstić information content (AvgIpc) is 3.94. The van der Waals surface area contributed by atoms with E-state index in [-0.39, 0.29) is 50.4 Å². The predicted octanol–water partition coefficient (Wildman–Crippen LogP) is 8.02. The molecule has 0 atom stereocenters. The van der Waals surface area contributed by atoms with E-state index in [1.54, 1.807) is 110 Å². The number of rotatable bonds is 18. The molecule has 0 spiro atoms. The zero-order valence-corrected chi connectivity index (χ0v) is 46.6. The molecule has 9 rings (SSSR count). The van der Waals surface area contributed by atoms with Crippen LogP contribution in [0.3, 0.4) is 0 Å². The van der Waals surface area contributed by atoms with Gasteiger partial charge in [0.25, 0.3) is 20.0 Å². The number of carbonyl (C=O) groups excluding carboxylic acids is 1. The molecule has 0 aliphatic heterocycles. The van der Waals surface area contributed by atoms with Crippen LogP contribution in [0.5, 0.6) is 11.5 Å². The lowest BCUT2D eigenvalue weighted by atomic mass is 10.2. The third kappa shape index (κ3) is 15.5. The van der Waals surface area contributed by atoms with Gasteiger partial charge in [0.1, 0.15) is 11.5 Å². The number of carboxylic acids is 1. The number of para-hydroxylation sites is 4. The Morgan fingerprint density at radius 2 is 1.06 bits per heavy atom. The van der Waals surface area contributed by atoms with Gasteiger partial charge >= 0.3 is 5.97 Å². The van der Waals surface area contributed by atoms with E-state index in [4.69, 9.17) is 42.9 Å². The highest BCUT2D eigenvalue weighted by atomic mass is 35.5. The van der Waals surface area contributed by atoms with E-state index >= 15 is 0 Å². The van der Waals surface area contributed by atoms with Crippen LogP contribution in [-0.4, -0.2) is 123 Å². The minimum absolute atomic E-state index is 0.0101. The number of aromatic carboxylic acids is 1. The highest BCUT2D eigenvalue weighted by Crippen LogP contribution is 2.35. The summed E-state index contributed by atoms with van der Waals surface area (Å²) in [5, 5.41) is 24.1. The summed E-state index contributed by atoms with van der Waals surface area (Å²) in [5.74, 6) is 5.26. The Bertz CT molecular complexity index is 3930. The molecule has 9 aromatic rings. The molecule has 3 aromatic heterocycles.